The van der Waals surface area contributed by atoms with Crippen molar-refractivity contribution in [2.75, 3.05) is 13.2 Å². The molecule has 3 rings (SSSR count). The molecule has 176 valence electrons. The van der Waals surface area contributed by atoms with Crippen LogP contribution in [0, 0.1) is 0 Å². The fraction of sp³-hybridized carbons (Fsp3) is 0.700. The predicted molar refractivity (Wildman–Crippen MR) is 102 cm³/mol. The summed E-state index contributed by atoms with van der Waals surface area (Å²) in [5, 5.41) is 77.7. The molecule has 0 spiro atoms. The zero-order valence-electron chi connectivity index (χ0n) is 16.7. The molecule has 0 saturated carbocycles. The van der Waals surface area contributed by atoms with Crippen LogP contribution in [0.5, 0.6) is 0 Å². The maximum Gasteiger partial charge on any atom is 0.184 e. The minimum Gasteiger partial charge on any atom is -0.394 e. The summed E-state index contributed by atoms with van der Waals surface area (Å²) in [6, 6.07) is 7.09. The van der Waals surface area contributed by atoms with Crippen LogP contribution in [0.3, 0.4) is 0 Å². The zero-order valence-corrected chi connectivity index (χ0v) is 16.7. The highest BCUT2D eigenvalue weighted by atomic mass is 16.6. The number of hydrogen-bond acceptors (Lipinski definition) is 11. The van der Waals surface area contributed by atoms with Gasteiger partial charge in [0.2, 0.25) is 0 Å². The summed E-state index contributed by atoms with van der Waals surface area (Å²) in [5.74, 6) is 0. The summed E-state index contributed by atoms with van der Waals surface area (Å²) in [7, 11) is 0. The van der Waals surface area contributed by atoms with E-state index in [1.54, 1.807) is 24.3 Å². The van der Waals surface area contributed by atoms with Crippen molar-refractivity contribution in [2.24, 2.45) is 0 Å². The Bertz CT molecular complexity index is 684. The molecule has 8 N–H and O–H groups in total. The standard InChI is InChI=1S/C20H30O11/c21-6-12-15(23)17(25)14(22)11(30-12)5-9-1-3-10(4-2-9)7-29-8-13-16(24)18(26)19(27)20(28)31-13/h1-4,11-28H,5-8H2/t11-,12?,13?,14?,15-,16-,17-,18+,19?,20?/m1/s1. The van der Waals surface area contributed by atoms with Gasteiger partial charge in [0.15, 0.2) is 6.29 Å². The van der Waals surface area contributed by atoms with Crippen molar-refractivity contribution >= 4 is 0 Å². The number of hydrogen-bond donors (Lipinski definition) is 8. The van der Waals surface area contributed by atoms with Crippen molar-refractivity contribution < 1.29 is 55.1 Å². The SMILES string of the molecule is OCC1O[C@H](Cc2ccc(COCC3OC(O)C(O)[C@@H](O)[C@@H]3O)cc2)C(O)[C@@H](O)[C@@H]1O. The Kier molecular flexibility index (Phi) is 8.35. The van der Waals surface area contributed by atoms with Gasteiger partial charge in [0.05, 0.1) is 25.9 Å². The highest BCUT2D eigenvalue weighted by Gasteiger charge is 2.44. The third-order valence-corrected chi connectivity index (χ3v) is 5.69. The number of rotatable bonds is 7. The van der Waals surface area contributed by atoms with Crippen LogP contribution in [0.15, 0.2) is 24.3 Å². The minimum atomic E-state index is -1.62. The Morgan fingerprint density at radius 2 is 1.19 bits per heavy atom. The van der Waals surface area contributed by atoms with Gasteiger partial charge < -0.3 is 55.1 Å². The molecule has 2 aliphatic rings. The number of aliphatic hydroxyl groups excluding tert-OH is 8. The van der Waals surface area contributed by atoms with E-state index in [4.69, 9.17) is 14.2 Å². The van der Waals surface area contributed by atoms with Gasteiger partial charge >= 0.3 is 0 Å². The van der Waals surface area contributed by atoms with Gasteiger partial charge in [-0.3, -0.25) is 0 Å². The van der Waals surface area contributed by atoms with E-state index in [0.717, 1.165) is 11.1 Å². The molecule has 11 nitrogen and oxygen atoms in total. The molecule has 31 heavy (non-hydrogen) atoms. The molecule has 0 aromatic heterocycles. The Labute approximate surface area is 178 Å². The quantitative estimate of drug-likeness (QED) is 0.206. The van der Waals surface area contributed by atoms with Gasteiger partial charge in [-0.15, -0.1) is 0 Å². The monoisotopic (exact) mass is 446 g/mol. The zero-order chi connectivity index (χ0) is 22.7. The topological polar surface area (TPSA) is 190 Å². The van der Waals surface area contributed by atoms with E-state index in [9.17, 15) is 40.9 Å². The Morgan fingerprint density at radius 3 is 1.84 bits per heavy atom. The molecule has 0 bridgehead atoms. The van der Waals surface area contributed by atoms with Gasteiger partial charge in [-0.25, -0.2) is 0 Å². The van der Waals surface area contributed by atoms with Gasteiger partial charge in [-0.1, -0.05) is 24.3 Å². The van der Waals surface area contributed by atoms with Gasteiger partial charge in [0.1, 0.15) is 48.8 Å². The maximum atomic E-state index is 10.1. The van der Waals surface area contributed by atoms with Crippen molar-refractivity contribution in [1.29, 1.82) is 0 Å². The van der Waals surface area contributed by atoms with Crippen molar-refractivity contribution in [3.8, 4) is 0 Å². The smallest absolute Gasteiger partial charge is 0.184 e. The van der Waals surface area contributed by atoms with Gasteiger partial charge in [-0.05, 0) is 11.1 Å². The molecule has 5 unspecified atom stereocenters. The maximum absolute atomic E-state index is 10.1. The lowest BCUT2D eigenvalue weighted by Gasteiger charge is -2.40. The average molecular weight is 446 g/mol. The van der Waals surface area contributed by atoms with Crippen LogP contribution in [0.1, 0.15) is 11.1 Å². The normalized spacial score (nSPS) is 41.3. The van der Waals surface area contributed by atoms with Crippen LogP contribution in [0.4, 0.5) is 0 Å². The van der Waals surface area contributed by atoms with E-state index in [0.29, 0.717) is 0 Å². The fourth-order valence-electron chi connectivity index (χ4n) is 3.71. The third kappa shape index (κ3) is 5.59. The highest BCUT2D eigenvalue weighted by molar-refractivity contribution is 5.23. The van der Waals surface area contributed by atoms with Crippen LogP contribution in [0.2, 0.25) is 0 Å². The molecule has 0 aliphatic carbocycles. The summed E-state index contributed by atoms with van der Waals surface area (Å²) in [4.78, 5) is 0. The Morgan fingerprint density at radius 1 is 0.645 bits per heavy atom. The second kappa shape index (κ2) is 10.6. The van der Waals surface area contributed by atoms with Crippen LogP contribution in [-0.4, -0.2) is 115 Å². The van der Waals surface area contributed by atoms with Crippen molar-refractivity contribution in [3.63, 3.8) is 0 Å². The lowest BCUT2D eigenvalue weighted by molar-refractivity contribution is -0.289. The highest BCUT2D eigenvalue weighted by Crippen LogP contribution is 2.24. The molecular formula is C20H30O11. The first-order valence-corrected chi connectivity index (χ1v) is 10.1. The summed E-state index contributed by atoms with van der Waals surface area (Å²) in [5.41, 5.74) is 1.57. The van der Waals surface area contributed by atoms with Gasteiger partial charge in [0.25, 0.3) is 0 Å². The summed E-state index contributed by atoms with van der Waals surface area (Å²) in [6.45, 7) is -0.444. The summed E-state index contributed by atoms with van der Waals surface area (Å²) >= 11 is 0. The Hall–Kier alpha value is -1.22. The summed E-state index contributed by atoms with van der Waals surface area (Å²) in [6.07, 6.45) is -12.8. The largest absolute Gasteiger partial charge is 0.394 e. The van der Waals surface area contributed by atoms with E-state index >= 15 is 0 Å². The fourth-order valence-corrected chi connectivity index (χ4v) is 3.71. The van der Waals surface area contributed by atoms with E-state index in [1.165, 1.54) is 0 Å². The van der Waals surface area contributed by atoms with Crippen LogP contribution in [-0.2, 0) is 27.2 Å². The van der Waals surface area contributed by atoms with Crippen LogP contribution >= 0.6 is 0 Å². The number of benzene rings is 1. The van der Waals surface area contributed by atoms with Crippen LogP contribution in [0.25, 0.3) is 0 Å². The molecule has 1 aromatic carbocycles. The third-order valence-electron chi connectivity index (χ3n) is 5.69. The van der Waals surface area contributed by atoms with Crippen molar-refractivity contribution in [1.82, 2.24) is 0 Å². The molecule has 2 heterocycles. The van der Waals surface area contributed by atoms with Crippen LogP contribution < -0.4 is 0 Å². The first kappa shape index (κ1) is 24.4. The number of aliphatic hydroxyl groups is 8. The minimum absolute atomic E-state index is 0.116. The molecule has 10 atom stereocenters. The molecule has 0 radical (unpaired) electrons. The lowest BCUT2D eigenvalue weighted by Crippen LogP contribution is -2.59. The van der Waals surface area contributed by atoms with E-state index in [1.807, 2.05) is 0 Å². The van der Waals surface area contributed by atoms with E-state index in [2.05, 4.69) is 0 Å². The Balaban J connectivity index is 1.49. The predicted octanol–water partition coefficient (Wildman–Crippen LogP) is -3.61. The van der Waals surface area contributed by atoms with E-state index in [-0.39, 0.29) is 19.6 Å². The van der Waals surface area contributed by atoms with E-state index < -0.39 is 67.8 Å². The first-order valence-electron chi connectivity index (χ1n) is 10.1. The van der Waals surface area contributed by atoms with Gasteiger partial charge in [0, 0.05) is 6.42 Å². The van der Waals surface area contributed by atoms with Crippen molar-refractivity contribution in [3.05, 3.63) is 35.4 Å². The summed E-state index contributed by atoms with van der Waals surface area (Å²) < 4.78 is 16.0. The molecule has 0 amide bonds. The molecule has 2 fully saturated rings. The molecule has 11 heteroatoms. The first-order chi connectivity index (χ1) is 14.7. The molecule has 1 aromatic rings. The molecule has 2 saturated heterocycles. The number of ether oxygens (including phenoxy) is 3. The molecular weight excluding hydrogens is 416 g/mol. The molecule has 2 aliphatic heterocycles. The lowest BCUT2D eigenvalue weighted by atomic mass is 9.91. The average Bonchev–Trinajstić information content (AvgIpc) is 2.77. The van der Waals surface area contributed by atoms with Crippen molar-refractivity contribution in [2.45, 2.75) is 74.3 Å². The second-order valence-corrected chi connectivity index (χ2v) is 7.94. The van der Waals surface area contributed by atoms with Gasteiger partial charge in [-0.2, -0.15) is 0 Å². The second-order valence-electron chi connectivity index (χ2n) is 7.94.